The zero-order chi connectivity index (χ0) is 35.9. The van der Waals surface area contributed by atoms with Gasteiger partial charge in [0.15, 0.2) is 0 Å². The SMILES string of the molecule is CC(C)(C)[Si](OCCCCCCCCCCCCCCCCCCCCCCCCCCCCCCC=O)(c1ccccc1)c1ccccc1. The first-order valence-electron chi connectivity index (χ1n) is 21.7. The normalized spacial score (nSPS) is 12.1. The summed E-state index contributed by atoms with van der Waals surface area (Å²) in [5.41, 5.74) is 0. The molecule has 2 rings (SSSR count). The molecule has 0 spiro atoms. The van der Waals surface area contributed by atoms with Gasteiger partial charge in [-0.15, -0.1) is 0 Å². The standard InChI is InChI=1S/C47H80O2Si/c1-47(2,3)50(45-39-33-31-34-40-45,46-41-35-32-36-42-46)49-44-38-30-28-26-24-22-20-18-16-14-12-10-8-6-4-5-7-9-11-13-15-17-19-21-23-25-27-29-37-43-48/h31-36,39-43H,4-30,37-38,44H2,1-3H3. The summed E-state index contributed by atoms with van der Waals surface area (Å²) >= 11 is 0. The van der Waals surface area contributed by atoms with Gasteiger partial charge in [-0.2, -0.15) is 0 Å². The molecular weight excluding hydrogens is 625 g/mol. The van der Waals surface area contributed by atoms with E-state index < -0.39 is 8.32 Å². The van der Waals surface area contributed by atoms with E-state index in [-0.39, 0.29) is 5.04 Å². The molecule has 0 aliphatic rings. The summed E-state index contributed by atoms with van der Waals surface area (Å²) in [5, 5.41) is 2.84. The molecule has 0 aliphatic heterocycles. The maximum atomic E-state index is 10.3. The van der Waals surface area contributed by atoms with Crippen LogP contribution in [0.4, 0.5) is 0 Å². The Morgan fingerprint density at radius 1 is 0.420 bits per heavy atom. The molecule has 0 aromatic heterocycles. The number of carbonyl (C=O) groups excluding carboxylic acids is 1. The van der Waals surface area contributed by atoms with Crippen molar-refractivity contribution in [2.45, 2.75) is 212 Å². The number of carbonyl (C=O) groups is 1. The number of hydrogen-bond donors (Lipinski definition) is 0. The molecule has 284 valence electrons. The van der Waals surface area contributed by atoms with Crippen molar-refractivity contribution in [2.75, 3.05) is 6.61 Å². The van der Waals surface area contributed by atoms with Gasteiger partial charge in [0.25, 0.3) is 8.32 Å². The van der Waals surface area contributed by atoms with Gasteiger partial charge in [0.2, 0.25) is 0 Å². The van der Waals surface area contributed by atoms with E-state index in [4.69, 9.17) is 4.43 Å². The van der Waals surface area contributed by atoms with Crippen LogP contribution < -0.4 is 10.4 Å². The highest BCUT2D eigenvalue weighted by Gasteiger charge is 2.49. The quantitative estimate of drug-likeness (QED) is 0.0412. The minimum Gasteiger partial charge on any atom is -0.407 e. The predicted molar refractivity (Wildman–Crippen MR) is 224 cm³/mol. The number of aldehydes is 1. The second-order valence-corrected chi connectivity index (χ2v) is 20.7. The fourth-order valence-corrected chi connectivity index (χ4v) is 12.5. The second-order valence-electron chi connectivity index (χ2n) is 16.4. The maximum Gasteiger partial charge on any atom is 0.261 e. The lowest BCUT2D eigenvalue weighted by molar-refractivity contribution is -0.107. The highest BCUT2D eigenvalue weighted by molar-refractivity contribution is 6.99. The first-order chi connectivity index (χ1) is 24.5. The van der Waals surface area contributed by atoms with Crippen molar-refractivity contribution in [2.24, 2.45) is 0 Å². The summed E-state index contributed by atoms with van der Waals surface area (Å²) < 4.78 is 7.06. The molecule has 2 aromatic rings. The largest absolute Gasteiger partial charge is 0.407 e. The van der Waals surface area contributed by atoms with Crippen molar-refractivity contribution in [1.29, 1.82) is 0 Å². The summed E-state index contributed by atoms with van der Waals surface area (Å²) in [7, 11) is -2.38. The van der Waals surface area contributed by atoms with E-state index in [0.717, 1.165) is 32.2 Å². The molecule has 0 bridgehead atoms. The molecule has 0 N–H and O–H groups in total. The lowest BCUT2D eigenvalue weighted by Crippen LogP contribution is -2.66. The third-order valence-corrected chi connectivity index (χ3v) is 16.0. The van der Waals surface area contributed by atoms with Gasteiger partial charge in [-0.05, 0) is 28.3 Å². The predicted octanol–water partition coefficient (Wildman–Crippen LogP) is 14.1. The lowest BCUT2D eigenvalue weighted by Gasteiger charge is -2.43. The Hall–Kier alpha value is -1.71. The van der Waals surface area contributed by atoms with Crippen molar-refractivity contribution in [3.63, 3.8) is 0 Å². The molecule has 0 radical (unpaired) electrons. The zero-order valence-corrected chi connectivity index (χ0v) is 34.4. The van der Waals surface area contributed by atoms with E-state index >= 15 is 0 Å². The zero-order valence-electron chi connectivity index (χ0n) is 33.4. The van der Waals surface area contributed by atoms with Crippen LogP contribution in [0, 0.1) is 0 Å². The van der Waals surface area contributed by atoms with E-state index in [1.807, 2.05) is 0 Å². The average molecular weight is 705 g/mol. The van der Waals surface area contributed by atoms with Gasteiger partial charge in [-0.1, -0.05) is 248 Å². The van der Waals surface area contributed by atoms with Gasteiger partial charge >= 0.3 is 0 Å². The average Bonchev–Trinajstić information content (AvgIpc) is 3.12. The number of benzene rings is 2. The van der Waals surface area contributed by atoms with Crippen LogP contribution in [0.3, 0.4) is 0 Å². The molecule has 0 fully saturated rings. The Morgan fingerprint density at radius 2 is 0.680 bits per heavy atom. The fraction of sp³-hybridized carbons (Fsp3) is 0.723. The van der Waals surface area contributed by atoms with Gasteiger partial charge in [-0.3, -0.25) is 0 Å². The van der Waals surface area contributed by atoms with Crippen LogP contribution in [0.2, 0.25) is 5.04 Å². The molecule has 0 aliphatic carbocycles. The van der Waals surface area contributed by atoms with Crippen LogP contribution in [-0.4, -0.2) is 21.2 Å². The maximum absolute atomic E-state index is 10.3. The summed E-state index contributed by atoms with van der Waals surface area (Å²) in [5.74, 6) is 0. The lowest BCUT2D eigenvalue weighted by atomic mass is 10.0. The van der Waals surface area contributed by atoms with E-state index in [2.05, 4.69) is 81.4 Å². The van der Waals surface area contributed by atoms with Gasteiger partial charge in [0.1, 0.15) is 6.29 Å². The first kappa shape index (κ1) is 44.4. The molecule has 0 unspecified atom stereocenters. The van der Waals surface area contributed by atoms with Gasteiger partial charge in [-0.25, -0.2) is 0 Å². The topological polar surface area (TPSA) is 26.3 Å². The monoisotopic (exact) mass is 705 g/mol. The summed E-state index contributed by atoms with van der Waals surface area (Å²) in [6.45, 7) is 7.98. The summed E-state index contributed by atoms with van der Waals surface area (Å²) in [4.78, 5) is 10.3. The molecule has 0 saturated heterocycles. The van der Waals surface area contributed by atoms with Crippen molar-refractivity contribution >= 4 is 25.0 Å². The molecule has 3 heteroatoms. The van der Waals surface area contributed by atoms with Crippen LogP contribution in [0.25, 0.3) is 0 Å². The Kier molecular flexibility index (Phi) is 26.5. The van der Waals surface area contributed by atoms with Gasteiger partial charge in [0.05, 0.1) is 0 Å². The van der Waals surface area contributed by atoms with Crippen LogP contribution in [0.15, 0.2) is 60.7 Å². The second kappa shape index (κ2) is 29.8. The minimum atomic E-state index is -2.38. The number of unbranched alkanes of at least 4 members (excludes halogenated alkanes) is 28. The van der Waals surface area contributed by atoms with Crippen LogP contribution >= 0.6 is 0 Å². The molecular formula is C47H80O2Si. The summed E-state index contributed by atoms with van der Waals surface area (Å²) in [6, 6.07) is 22.1. The van der Waals surface area contributed by atoms with Crippen molar-refractivity contribution in [3.05, 3.63) is 60.7 Å². The Labute approximate surface area is 312 Å². The van der Waals surface area contributed by atoms with E-state index in [9.17, 15) is 4.79 Å². The third-order valence-electron chi connectivity index (χ3n) is 11.0. The van der Waals surface area contributed by atoms with E-state index in [1.165, 1.54) is 177 Å². The highest BCUT2D eigenvalue weighted by Crippen LogP contribution is 2.37. The molecule has 0 amide bonds. The minimum absolute atomic E-state index is 0.0658. The Bertz CT molecular complexity index is 975. The van der Waals surface area contributed by atoms with Gasteiger partial charge in [0, 0.05) is 13.0 Å². The Morgan fingerprint density at radius 3 is 0.940 bits per heavy atom. The molecule has 0 saturated carbocycles. The molecule has 0 heterocycles. The van der Waals surface area contributed by atoms with Crippen molar-refractivity contribution in [1.82, 2.24) is 0 Å². The van der Waals surface area contributed by atoms with Crippen LogP contribution in [0.5, 0.6) is 0 Å². The van der Waals surface area contributed by atoms with E-state index in [1.54, 1.807) is 0 Å². The van der Waals surface area contributed by atoms with Crippen molar-refractivity contribution in [3.8, 4) is 0 Å². The molecule has 50 heavy (non-hydrogen) atoms. The first-order valence-corrected chi connectivity index (χ1v) is 23.6. The summed E-state index contributed by atoms with van der Waals surface area (Å²) in [6.07, 6.45) is 40.8. The molecule has 2 aromatic carbocycles. The highest BCUT2D eigenvalue weighted by atomic mass is 28.4. The van der Waals surface area contributed by atoms with Crippen LogP contribution in [-0.2, 0) is 9.22 Å². The fourth-order valence-electron chi connectivity index (χ4n) is 7.91. The third kappa shape index (κ3) is 19.8. The Balaban J connectivity index is 1.34. The smallest absolute Gasteiger partial charge is 0.261 e. The van der Waals surface area contributed by atoms with Crippen LogP contribution in [0.1, 0.15) is 207 Å². The molecule has 2 nitrogen and oxygen atoms in total. The number of rotatable bonds is 34. The molecule has 0 atom stereocenters. The van der Waals surface area contributed by atoms with Gasteiger partial charge < -0.3 is 9.22 Å². The van der Waals surface area contributed by atoms with Crippen molar-refractivity contribution < 1.29 is 9.22 Å². The number of hydrogen-bond acceptors (Lipinski definition) is 2. The van der Waals surface area contributed by atoms with E-state index in [0.29, 0.717) is 0 Å².